The number of rotatable bonds is 6. The Hall–Kier alpha value is -2.24. The predicted molar refractivity (Wildman–Crippen MR) is 77.9 cm³/mol. The highest BCUT2D eigenvalue weighted by Gasteiger charge is 2.30. The van der Waals surface area contributed by atoms with Crippen molar-refractivity contribution in [1.82, 2.24) is 19.3 Å². The van der Waals surface area contributed by atoms with Crippen LogP contribution in [-0.4, -0.2) is 25.1 Å². The number of Topliss-reactive ketones (excluding diaryl/α,β-unsaturated/α-hetero) is 1. The van der Waals surface area contributed by atoms with Crippen molar-refractivity contribution in [2.75, 3.05) is 0 Å². The summed E-state index contributed by atoms with van der Waals surface area (Å²) in [5.74, 6) is 0.815. The van der Waals surface area contributed by atoms with E-state index >= 15 is 0 Å². The summed E-state index contributed by atoms with van der Waals surface area (Å²) in [4.78, 5) is 27.6. The quantitative estimate of drug-likeness (QED) is 0.812. The Kier molecular flexibility index (Phi) is 3.68. The first-order chi connectivity index (χ1) is 10.2. The molecule has 0 atom stereocenters. The van der Waals surface area contributed by atoms with E-state index in [0.717, 1.165) is 18.4 Å². The normalized spacial score (nSPS) is 14.3. The van der Waals surface area contributed by atoms with Crippen LogP contribution in [0, 0.1) is 0 Å². The summed E-state index contributed by atoms with van der Waals surface area (Å²) in [5, 5.41) is 4.45. The molecule has 21 heavy (non-hydrogen) atoms. The molecule has 0 spiro atoms. The van der Waals surface area contributed by atoms with Crippen molar-refractivity contribution in [1.29, 1.82) is 0 Å². The van der Waals surface area contributed by atoms with E-state index < -0.39 is 0 Å². The number of hydrogen-bond donors (Lipinski definition) is 0. The van der Waals surface area contributed by atoms with Crippen LogP contribution in [0.3, 0.4) is 0 Å². The second kappa shape index (κ2) is 5.63. The van der Waals surface area contributed by atoms with E-state index in [-0.39, 0.29) is 17.5 Å². The summed E-state index contributed by atoms with van der Waals surface area (Å²) >= 11 is 0. The molecular weight excluding hydrogens is 268 g/mol. The summed E-state index contributed by atoms with van der Waals surface area (Å²) in [6.45, 7) is 2.04. The Bertz CT molecular complexity index is 698. The summed E-state index contributed by atoms with van der Waals surface area (Å²) in [6, 6.07) is 4.01. The fourth-order valence-corrected chi connectivity index (χ4v) is 2.40. The molecule has 0 radical (unpaired) electrons. The van der Waals surface area contributed by atoms with Crippen molar-refractivity contribution in [3.05, 3.63) is 35.0 Å². The zero-order chi connectivity index (χ0) is 14.8. The third kappa shape index (κ3) is 2.94. The summed E-state index contributed by atoms with van der Waals surface area (Å²) in [6.07, 6.45) is 6.58. The lowest BCUT2D eigenvalue weighted by Crippen LogP contribution is -2.24. The van der Waals surface area contributed by atoms with Crippen molar-refractivity contribution >= 4 is 5.78 Å². The van der Waals surface area contributed by atoms with Gasteiger partial charge in [-0.3, -0.25) is 9.55 Å². The molecule has 6 heteroatoms. The Balaban J connectivity index is 1.92. The van der Waals surface area contributed by atoms with Crippen molar-refractivity contribution in [3.8, 4) is 11.4 Å². The van der Waals surface area contributed by atoms with Gasteiger partial charge in [0.1, 0.15) is 5.78 Å². The fraction of sp³-hybridized carbons (Fsp3) is 0.467. The maximum absolute atomic E-state index is 12.5. The van der Waals surface area contributed by atoms with E-state index in [9.17, 15) is 9.59 Å². The van der Waals surface area contributed by atoms with Gasteiger partial charge in [-0.05, 0) is 38.3 Å². The average molecular weight is 286 g/mol. The van der Waals surface area contributed by atoms with Gasteiger partial charge < -0.3 is 4.79 Å². The van der Waals surface area contributed by atoms with Gasteiger partial charge in [0.15, 0.2) is 5.82 Å². The highest BCUT2D eigenvalue weighted by atomic mass is 16.2. The Morgan fingerprint density at radius 3 is 2.86 bits per heavy atom. The molecule has 3 rings (SSSR count). The average Bonchev–Trinajstić information content (AvgIpc) is 3.25. The first-order valence-corrected chi connectivity index (χ1v) is 7.26. The minimum Gasteiger partial charge on any atom is -0.300 e. The maximum atomic E-state index is 12.5. The molecule has 6 nitrogen and oxygen atoms in total. The molecule has 2 heterocycles. The second-order valence-corrected chi connectivity index (χ2v) is 5.48. The molecule has 0 unspecified atom stereocenters. The first-order valence-electron chi connectivity index (χ1n) is 7.26. The van der Waals surface area contributed by atoms with Crippen molar-refractivity contribution in [2.45, 2.75) is 45.2 Å². The number of aromatic nitrogens is 4. The van der Waals surface area contributed by atoms with Gasteiger partial charge in [0, 0.05) is 37.0 Å². The molecule has 1 fully saturated rings. The standard InChI is InChI=1S/C15H18N4O2/c1-11(20)4-3-9-18-15(21)19(13-6-7-13)14(17-18)12-5-2-8-16-10-12/h2,5,8,10,13H,3-4,6-7,9H2,1H3. The van der Waals surface area contributed by atoms with E-state index in [4.69, 9.17) is 0 Å². The van der Waals surface area contributed by atoms with Gasteiger partial charge in [-0.15, -0.1) is 5.10 Å². The summed E-state index contributed by atoms with van der Waals surface area (Å²) in [5.41, 5.74) is 0.770. The number of ketones is 1. The first kappa shape index (κ1) is 13.7. The monoisotopic (exact) mass is 286 g/mol. The zero-order valence-electron chi connectivity index (χ0n) is 12.0. The number of carbonyl (C=O) groups is 1. The molecule has 1 aliphatic rings. The SMILES string of the molecule is CC(=O)CCCn1nc(-c2cccnc2)n(C2CC2)c1=O. The molecule has 2 aromatic heterocycles. The molecule has 0 amide bonds. The topological polar surface area (TPSA) is 69.8 Å². The lowest BCUT2D eigenvalue weighted by atomic mass is 10.2. The molecule has 0 aromatic carbocycles. The Morgan fingerprint density at radius 1 is 1.43 bits per heavy atom. The zero-order valence-corrected chi connectivity index (χ0v) is 12.0. The van der Waals surface area contributed by atoms with Crippen LogP contribution in [0.2, 0.25) is 0 Å². The maximum Gasteiger partial charge on any atom is 0.346 e. The molecule has 0 saturated heterocycles. The summed E-state index contributed by atoms with van der Waals surface area (Å²) < 4.78 is 3.24. The van der Waals surface area contributed by atoms with E-state index in [1.807, 2.05) is 12.1 Å². The van der Waals surface area contributed by atoms with Crippen molar-refractivity contribution in [3.63, 3.8) is 0 Å². The van der Waals surface area contributed by atoms with E-state index in [0.29, 0.717) is 25.2 Å². The molecule has 110 valence electrons. The van der Waals surface area contributed by atoms with Gasteiger partial charge in [0.2, 0.25) is 0 Å². The van der Waals surface area contributed by atoms with Crippen LogP contribution in [0.5, 0.6) is 0 Å². The van der Waals surface area contributed by atoms with Gasteiger partial charge in [-0.1, -0.05) is 0 Å². The van der Waals surface area contributed by atoms with Crippen LogP contribution in [-0.2, 0) is 11.3 Å². The number of hydrogen-bond acceptors (Lipinski definition) is 4. The van der Waals surface area contributed by atoms with E-state index in [1.165, 1.54) is 4.68 Å². The lowest BCUT2D eigenvalue weighted by Gasteiger charge is -2.02. The lowest BCUT2D eigenvalue weighted by molar-refractivity contribution is -0.117. The minimum atomic E-state index is -0.0834. The van der Waals surface area contributed by atoms with E-state index in [2.05, 4.69) is 10.1 Å². The van der Waals surface area contributed by atoms with Gasteiger partial charge in [0.25, 0.3) is 0 Å². The van der Waals surface area contributed by atoms with E-state index in [1.54, 1.807) is 23.9 Å². The molecule has 0 bridgehead atoms. The molecule has 2 aromatic rings. The van der Waals surface area contributed by atoms with Gasteiger partial charge >= 0.3 is 5.69 Å². The van der Waals surface area contributed by atoms with Gasteiger partial charge in [-0.25, -0.2) is 9.48 Å². The largest absolute Gasteiger partial charge is 0.346 e. The van der Waals surface area contributed by atoms with Crippen LogP contribution < -0.4 is 5.69 Å². The summed E-state index contributed by atoms with van der Waals surface area (Å²) in [7, 11) is 0. The third-order valence-corrected chi connectivity index (χ3v) is 3.60. The van der Waals surface area contributed by atoms with Crippen LogP contribution in [0.25, 0.3) is 11.4 Å². The minimum absolute atomic E-state index is 0.0834. The Morgan fingerprint density at radius 2 is 2.24 bits per heavy atom. The number of carbonyl (C=O) groups excluding carboxylic acids is 1. The Labute approximate surface area is 122 Å². The number of aryl methyl sites for hydroxylation is 1. The predicted octanol–water partition coefficient (Wildman–Crippen LogP) is 1.81. The van der Waals surface area contributed by atoms with Crippen LogP contribution in [0.1, 0.15) is 38.6 Å². The molecule has 1 aliphatic carbocycles. The van der Waals surface area contributed by atoms with Crippen LogP contribution >= 0.6 is 0 Å². The number of pyridine rings is 1. The van der Waals surface area contributed by atoms with Crippen LogP contribution in [0.15, 0.2) is 29.3 Å². The molecule has 1 saturated carbocycles. The van der Waals surface area contributed by atoms with Gasteiger partial charge in [0.05, 0.1) is 0 Å². The molecular formula is C15H18N4O2. The smallest absolute Gasteiger partial charge is 0.300 e. The van der Waals surface area contributed by atoms with Crippen LogP contribution in [0.4, 0.5) is 0 Å². The van der Waals surface area contributed by atoms with Crippen molar-refractivity contribution < 1.29 is 4.79 Å². The second-order valence-electron chi connectivity index (χ2n) is 5.48. The van der Waals surface area contributed by atoms with Gasteiger partial charge in [-0.2, -0.15) is 0 Å². The highest BCUT2D eigenvalue weighted by molar-refractivity contribution is 5.75. The number of nitrogens with zero attached hydrogens (tertiary/aromatic N) is 4. The molecule has 0 aliphatic heterocycles. The fourth-order valence-electron chi connectivity index (χ4n) is 2.40. The highest BCUT2D eigenvalue weighted by Crippen LogP contribution is 2.36. The third-order valence-electron chi connectivity index (χ3n) is 3.60. The van der Waals surface area contributed by atoms with Crippen molar-refractivity contribution in [2.24, 2.45) is 0 Å². The molecule has 0 N–H and O–H groups in total.